The van der Waals surface area contributed by atoms with Crippen LogP contribution in [0, 0.1) is 13.8 Å². The van der Waals surface area contributed by atoms with Crippen LogP contribution in [0.15, 0.2) is 84.9 Å². The number of carbonyl (C=O) groups is 1. The Kier molecular flexibility index (Phi) is 4.81. The predicted molar refractivity (Wildman–Crippen MR) is 143 cm³/mol. The van der Waals surface area contributed by atoms with Crippen molar-refractivity contribution in [1.29, 1.82) is 0 Å². The third-order valence-corrected chi connectivity index (χ3v) is 10.1. The fourth-order valence-corrected chi connectivity index (χ4v) is 8.47. The van der Waals surface area contributed by atoms with Gasteiger partial charge in [0, 0.05) is 15.9 Å². The molecule has 6 rings (SSSR count). The first kappa shape index (κ1) is 21.6. The van der Waals surface area contributed by atoms with Gasteiger partial charge in [-0.25, -0.2) is 0 Å². The quantitative estimate of drug-likeness (QED) is 0.398. The molecule has 0 amide bonds. The first-order valence-electron chi connectivity index (χ1n) is 11.6. The van der Waals surface area contributed by atoms with Crippen LogP contribution in [0.5, 0.6) is 5.75 Å². The van der Waals surface area contributed by atoms with Crippen LogP contribution in [0.1, 0.15) is 27.8 Å². The maximum atomic E-state index is 15.3. The summed E-state index contributed by atoms with van der Waals surface area (Å²) in [5.74, 6) is -0.00774. The highest BCUT2D eigenvalue weighted by Crippen LogP contribution is 2.47. The predicted octanol–water partition coefficient (Wildman–Crippen LogP) is 3.59. The van der Waals surface area contributed by atoms with Crippen molar-refractivity contribution in [2.24, 2.45) is 0 Å². The molecule has 1 atom stereocenters. The first-order chi connectivity index (χ1) is 16.9. The Balaban J connectivity index is 1.89. The van der Waals surface area contributed by atoms with E-state index in [1.807, 2.05) is 54.6 Å². The molecular formula is C31H23O3P. The zero-order valence-corrected chi connectivity index (χ0v) is 20.3. The topological polar surface area (TPSA) is 54.4 Å². The van der Waals surface area contributed by atoms with Crippen molar-refractivity contribution in [3.05, 3.63) is 123 Å². The Labute approximate surface area is 203 Å². The average Bonchev–Trinajstić information content (AvgIpc) is 2.85. The summed E-state index contributed by atoms with van der Waals surface area (Å²) in [6.07, 6.45) is 5.00. The van der Waals surface area contributed by atoms with Crippen LogP contribution in [-0.4, -0.2) is 10.9 Å². The third kappa shape index (κ3) is 3.20. The minimum atomic E-state index is -3.36. The Morgan fingerprint density at radius 3 is 2.26 bits per heavy atom. The van der Waals surface area contributed by atoms with Crippen molar-refractivity contribution in [3.8, 4) is 5.75 Å². The second kappa shape index (κ2) is 7.80. The number of hydrogen-bond donors (Lipinski definition) is 1. The van der Waals surface area contributed by atoms with Crippen LogP contribution < -0.4 is 26.4 Å². The fraction of sp³-hybridized carbons (Fsp3) is 0.0645. The van der Waals surface area contributed by atoms with Gasteiger partial charge in [0.2, 0.25) is 0 Å². The monoisotopic (exact) mass is 474 g/mol. The van der Waals surface area contributed by atoms with Crippen molar-refractivity contribution in [1.82, 2.24) is 0 Å². The zero-order valence-electron chi connectivity index (χ0n) is 19.4. The number of allylic oxidation sites excluding steroid dienone is 1. The molecule has 0 spiro atoms. The van der Waals surface area contributed by atoms with Crippen LogP contribution in [0.4, 0.5) is 0 Å². The van der Waals surface area contributed by atoms with Gasteiger partial charge in [-0.15, -0.1) is 0 Å². The van der Waals surface area contributed by atoms with Crippen molar-refractivity contribution < 1.29 is 14.5 Å². The van der Waals surface area contributed by atoms with Gasteiger partial charge < -0.3 is 9.67 Å². The Morgan fingerprint density at radius 2 is 1.51 bits per heavy atom. The summed E-state index contributed by atoms with van der Waals surface area (Å²) in [4.78, 5) is 12.2. The van der Waals surface area contributed by atoms with Crippen LogP contribution in [0.2, 0.25) is 0 Å². The molecular weight excluding hydrogens is 451 g/mol. The van der Waals surface area contributed by atoms with Gasteiger partial charge in [0.25, 0.3) is 0 Å². The highest BCUT2D eigenvalue weighted by molar-refractivity contribution is 7.85. The largest absolute Gasteiger partial charge is 0.508 e. The lowest BCUT2D eigenvalue weighted by Gasteiger charge is -2.30. The summed E-state index contributed by atoms with van der Waals surface area (Å²) in [6.45, 7) is 4.18. The van der Waals surface area contributed by atoms with Gasteiger partial charge in [-0.1, -0.05) is 54.6 Å². The van der Waals surface area contributed by atoms with Crippen molar-refractivity contribution >= 4 is 46.6 Å². The number of fused-ring (bicyclic) bond motifs is 3. The van der Waals surface area contributed by atoms with Gasteiger partial charge >= 0.3 is 0 Å². The lowest BCUT2D eigenvalue weighted by atomic mass is 9.88. The molecule has 0 saturated carbocycles. The van der Waals surface area contributed by atoms with E-state index in [0.29, 0.717) is 15.9 Å². The van der Waals surface area contributed by atoms with Crippen molar-refractivity contribution in [2.45, 2.75) is 13.8 Å². The van der Waals surface area contributed by atoms with Crippen molar-refractivity contribution in [3.63, 3.8) is 0 Å². The Bertz CT molecular complexity index is 1740. The molecule has 4 heteroatoms. The second-order valence-electron chi connectivity index (χ2n) is 9.17. The van der Waals surface area contributed by atoms with Crippen LogP contribution in [0.3, 0.4) is 0 Å². The fourth-order valence-electron chi connectivity index (χ4n) is 5.39. The van der Waals surface area contributed by atoms with Crippen LogP contribution in [-0.2, 0) is 9.36 Å². The first-order valence-corrected chi connectivity index (χ1v) is 13.3. The number of benzene rings is 4. The average molecular weight is 474 g/mol. The summed E-state index contributed by atoms with van der Waals surface area (Å²) in [6, 6.07) is 24.8. The number of rotatable bonds is 2. The van der Waals surface area contributed by atoms with Gasteiger partial charge in [0.15, 0.2) is 12.9 Å². The SMILES string of the molecule is Cc1cccc(C)c1C1=c2cc3c(cc2[P@](=O)(c2ccccc2)c2cc(O)ccc21)=CC(=O)C=C3. The molecule has 4 aromatic rings. The molecule has 2 aliphatic rings. The van der Waals surface area contributed by atoms with Crippen LogP contribution >= 0.6 is 7.14 Å². The number of phenols is 1. The number of hydrogen-bond acceptors (Lipinski definition) is 3. The Hall–Kier alpha value is -3.94. The number of aryl methyl sites for hydroxylation is 2. The van der Waals surface area contributed by atoms with Gasteiger partial charge in [-0.2, -0.15) is 0 Å². The van der Waals surface area contributed by atoms with E-state index in [-0.39, 0.29) is 11.5 Å². The summed E-state index contributed by atoms with van der Waals surface area (Å²) < 4.78 is 15.3. The van der Waals surface area contributed by atoms with Gasteiger partial charge in [0.1, 0.15) is 5.75 Å². The number of carbonyl (C=O) groups excluding carboxylic acids is 1. The second-order valence-corrected chi connectivity index (χ2v) is 11.9. The molecule has 0 fully saturated rings. The summed E-state index contributed by atoms with van der Waals surface area (Å²) in [7, 11) is -3.36. The molecule has 4 aromatic carbocycles. The summed E-state index contributed by atoms with van der Waals surface area (Å²) in [5, 5.41) is 14.2. The van der Waals surface area contributed by atoms with Gasteiger partial charge in [0.05, 0.1) is 0 Å². The van der Waals surface area contributed by atoms with E-state index in [4.69, 9.17) is 0 Å². The number of aromatic hydroxyl groups is 1. The smallest absolute Gasteiger partial charge is 0.179 e. The molecule has 1 aliphatic carbocycles. The number of phenolic OH excluding ortho intramolecular Hbond substituents is 1. The summed E-state index contributed by atoms with van der Waals surface area (Å²) in [5.41, 5.74) is 6.13. The zero-order chi connectivity index (χ0) is 24.3. The number of ketones is 1. The minimum Gasteiger partial charge on any atom is -0.508 e. The molecule has 1 N–H and O–H groups in total. The van der Waals surface area contributed by atoms with E-state index in [1.54, 1.807) is 24.3 Å². The van der Waals surface area contributed by atoms with Gasteiger partial charge in [-0.3, -0.25) is 4.79 Å². The maximum absolute atomic E-state index is 15.3. The van der Waals surface area contributed by atoms with Crippen molar-refractivity contribution in [2.75, 3.05) is 0 Å². The molecule has 1 aliphatic heterocycles. The van der Waals surface area contributed by atoms with E-state index in [0.717, 1.165) is 43.8 Å². The van der Waals surface area contributed by atoms with E-state index in [2.05, 4.69) is 32.0 Å². The highest BCUT2D eigenvalue weighted by Gasteiger charge is 2.38. The Morgan fingerprint density at radius 1 is 0.771 bits per heavy atom. The molecule has 3 nitrogen and oxygen atoms in total. The van der Waals surface area contributed by atoms with Crippen LogP contribution in [0.25, 0.3) is 17.7 Å². The van der Waals surface area contributed by atoms with E-state index >= 15 is 4.57 Å². The molecule has 35 heavy (non-hydrogen) atoms. The minimum absolute atomic E-state index is 0.0758. The molecule has 0 radical (unpaired) electrons. The van der Waals surface area contributed by atoms with E-state index < -0.39 is 7.14 Å². The molecule has 170 valence electrons. The van der Waals surface area contributed by atoms with E-state index in [1.165, 1.54) is 0 Å². The lowest BCUT2D eigenvalue weighted by Crippen LogP contribution is -2.44. The third-order valence-electron chi connectivity index (χ3n) is 6.98. The van der Waals surface area contributed by atoms with E-state index in [9.17, 15) is 9.90 Å². The molecule has 0 bridgehead atoms. The standard InChI is InChI=1S/C31H23O3P/c1-19-7-6-8-20(2)30(19)31-26-14-13-24(33)18-29(26)35(34,25-9-4-3-5-10-25)28-17-22-15-23(32)12-11-21(22)16-27(28)31/h3-18,33H,1-2H3/t35-/m1/s1. The lowest BCUT2D eigenvalue weighted by molar-refractivity contribution is -0.109. The normalized spacial score (nSPS) is 17.9. The maximum Gasteiger partial charge on any atom is 0.179 e. The molecule has 0 saturated heterocycles. The molecule has 0 aromatic heterocycles. The molecule has 0 unspecified atom stereocenters. The van der Waals surface area contributed by atoms with Gasteiger partial charge in [-0.05, 0) is 100 Å². The molecule has 1 heterocycles. The summed E-state index contributed by atoms with van der Waals surface area (Å²) >= 11 is 0. The highest BCUT2D eigenvalue weighted by atomic mass is 31.2.